The summed E-state index contributed by atoms with van der Waals surface area (Å²) in [5.74, 6) is 0.882. The van der Waals surface area contributed by atoms with E-state index in [1.807, 2.05) is 13.8 Å². The molecule has 0 aromatic heterocycles. The first-order valence-corrected chi connectivity index (χ1v) is 7.20. The van der Waals surface area contributed by atoms with Gasteiger partial charge in [-0.15, -0.1) is 0 Å². The lowest BCUT2D eigenvalue weighted by Crippen LogP contribution is -2.35. The molecule has 0 aromatic rings. The summed E-state index contributed by atoms with van der Waals surface area (Å²) >= 11 is 0. The van der Waals surface area contributed by atoms with Gasteiger partial charge in [-0.1, -0.05) is 19.3 Å². The predicted octanol–water partition coefficient (Wildman–Crippen LogP) is 3.87. The van der Waals surface area contributed by atoms with Crippen LogP contribution < -0.4 is 5.32 Å². The standard InChI is InChI=1S/C15H28N2/c1-13(14-8-5-4-6-9-14)17-11-7-10-15(2,3)12-16/h13-14,17H,4-11H2,1-3H3/t13-/m1/s1. The third kappa shape index (κ3) is 5.55. The lowest BCUT2D eigenvalue weighted by atomic mass is 9.84. The summed E-state index contributed by atoms with van der Waals surface area (Å²) in [6.45, 7) is 7.43. The molecule has 0 heterocycles. The van der Waals surface area contributed by atoms with E-state index in [9.17, 15) is 0 Å². The molecule has 2 heteroatoms. The van der Waals surface area contributed by atoms with Gasteiger partial charge in [0.2, 0.25) is 0 Å². The molecule has 1 fully saturated rings. The fourth-order valence-electron chi connectivity index (χ4n) is 2.72. The lowest BCUT2D eigenvalue weighted by Gasteiger charge is -2.28. The maximum atomic E-state index is 8.94. The average Bonchev–Trinajstić information content (AvgIpc) is 2.35. The fourth-order valence-corrected chi connectivity index (χ4v) is 2.72. The Morgan fingerprint density at radius 3 is 2.53 bits per heavy atom. The van der Waals surface area contributed by atoms with Crippen molar-refractivity contribution in [2.45, 2.75) is 71.8 Å². The molecule has 1 atom stereocenters. The first kappa shape index (κ1) is 14.5. The highest BCUT2D eigenvalue weighted by Crippen LogP contribution is 2.26. The van der Waals surface area contributed by atoms with Gasteiger partial charge in [0.15, 0.2) is 0 Å². The second-order valence-electron chi connectivity index (χ2n) is 6.24. The van der Waals surface area contributed by atoms with Gasteiger partial charge in [0.25, 0.3) is 0 Å². The van der Waals surface area contributed by atoms with Crippen molar-refractivity contribution in [3.63, 3.8) is 0 Å². The van der Waals surface area contributed by atoms with Gasteiger partial charge in [-0.05, 0) is 58.9 Å². The maximum absolute atomic E-state index is 8.94. The van der Waals surface area contributed by atoms with Crippen molar-refractivity contribution in [3.8, 4) is 6.07 Å². The van der Waals surface area contributed by atoms with Crippen LogP contribution in [0.25, 0.3) is 0 Å². The average molecular weight is 236 g/mol. The van der Waals surface area contributed by atoms with E-state index in [1.54, 1.807) is 0 Å². The Kier molecular flexibility index (Phi) is 5.98. The van der Waals surface area contributed by atoms with E-state index >= 15 is 0 Å². The summed E-state index contributed by atoms with van der Waals surface area (Å²) in [4.78, 5) is 0. The number of hydrogen-bond acceptors (Lipinski definition) is 2. The van der Waals surface area contributed by atoms with Crippen LogP contribution in [-0.2, 0) is 0 Å². The summed E-state index contributed by atoms with van der Waals surface area (Å²) in [5, 5.41) is 12.6. The van der Waals surface area contributed by atoms with Crippen molar-refractivity contribution in [1.82, 2.24) is 5.32 Å². The van der Waals surface area contributed by atoms with Gasteiger partial charge < -0.3 is 5.32 Å². The van der Waals surface area contributed by atoms with Crippen LogP contribution in [0.3, 0.4) is 0 Å². The van der Waals surface area contributed by atoms with Gasteiger partial charge in [-0.3, -0.25) is 0 Å². The molecule has 1 rings (SSSR count). The minimum Gasteiger partial charge on any atom is -0.314 e. The van der Waals surface area contributed by atoms with E-state index in [1.165, 1.54) is 32.1 Å². The highest BCUT2D eigenvalue weighted by molar-refractivity contribution is 4.91. The maximum Gasteiger partial charge on any atom is 0.0683 e. The molecule has 98 valence electrons. The molecular formula is C15H28N2. The largest absolute Gasteiger partial charge is 0.314 e. The molecule has 0 aromatic carbocycles. The fraction of sp³-hybridized carbons (Fsp3) is 0.933. The van der Waals surface area contributed by atoms with E-state index in [2.05, 4.69) is 18.3 Å². The molecule has 0 amide bonds. The van der Waals surface area contributed by atoms with Crippen LogP contribution >= 0.6 is 0 Å². The SMILES string of the molecule is C[C@@H](NCCCC(C)(C)C#N)C1CCCCC1. The first-order valence-electron chi connectivity index (χ1n) is 7.20. The van der Waals surface area contributed by atoms with Gasteiger partial charge in [0.05, 0.1) is 11.5 Å². The zero-order valence-electron chi connectivity index (χ0n) is 11.8. The highest BCUT2D eigenvalue weighted by atomic mass is 14.9. The van der Waals surface area contributed by atoms with Gasteiger partial charge in [0.1, 0.15) is 0 Å². The smallest absolute Gasteiger partial charge is 0.0683 e. The zero-order chi connectivity index (χ0) is 12.7. The van der Waals surface area contributed by atoms with Crippen molar-refractivity contribution < 1.29 is 0 Å². The molecule has 1 saturated carbocycles. The van der Waals surface area contributed by atoms with Gasteiger partial charge in [-0.2, -0.15) is 5.26 Å². The number of nitrogens with zero attached hydrogens (tertiary/aromatic N) is 1. The monoisotopic (exact) mass is 236 g/mol. The molecule has 0 radical (unpaired) electrons. The van der Waals surface area contributed by atoms with Crippen molar-refractivity contribution in [1.29, 1.82) is 5.26 Å². The molecule has 0 bridgehead atoms. The zero-order valence-corrected chi connectivity index (χ0v) is 11.8. The van der Waals surface area contributed by atoms with Crippen LogP contribution in [-0.4, -0.2) is 12.6 Å². The normalized spacial score (nSPS) is 19.9. The molecule has 2 nitrogen and oxygen atoms in total. The third-order valence-corrected chi connectivity index (χ3v) is 4.10. The molecule has 1 N–H and O–H groups in total. The number of nitriles is 1. The highest BCUT2D eigenvalue weighted by Gasteiger charge is 2.20. The van der Waals surface area contributed by atoms with Crippen LogP contribution in [0.5, 0.6) is 0 Å². The second kappa shape index (κ2) is 7.01. The summed E-state index contributed by atoms with van der Waals surface area (Å²) in [5.41, 5.74) is -0.157. The number of rotatable bonds is 6. The topological polar surface area (TPSA) is 35.8 Å². The minimum absolute atomic E-state index is 0.157. The van der Waals surface area contributed by atoms with Crippen LogP contribution in [0.2, 0.25) is 0 Å². The summed E-state index contributed by atoms with van der Waals surface area (Å²) in [6, 6.07) is 3.02. The Labute approximate surface area is 107 Å². The molecule has 0 spiro atoms. The molecule has 0 unspecified atom stereocenters. The second-order valence-corrected chi connectivity index (χ2v) is 6.24. The van der Waals surface area contributed by atoms with Crippen molar-refractivity contribution in [2.24, 2.45) is 11.3 Å². The van der Waals surface area contributed by atoms with Crippen molar-refractivity contribution in [2.75, 3.05) is 6.54 Å². The lowest BCUT2D eigenvalue weighted by molar-refractivity contribution is 0.278. The van der Waals surface area contributed by atoms with Crippen molar-refractivity contribution in [3.05, 3.63) is 0 Å². The predicted molar refractivity (Wildman–Crippen MR) is 72.7 cm³/mol. The molecule has 0 saturated heterocycles. The number of hydrogen-bond donors (Lipinski definition) is 1. The third-order valence-electron chi connectivity index (χ3n) is 4.10. The summed E-state index contributed by atoms with van der Waals surface area (Å²) in [7, 11) is 0. The van der Waals surface area contributed by atoms with Crippen LogP contribution in [0.15, 0.2) is 0 Å². The van der Waals surface area contributed by atoms with Gasteiger partial charge >= 0.3 is 0 Å². The minimum atomic E-state index is -0.157. The number of nitrogens with one attached hydrogen (secondary N) is 1. The van der Waals surface area contributed by atoms with Gasteiger partial charge in [-0.25, -0.2) is 0 Å². The Morgan fingerprint density at radius 1 is 1.29 bits per heavy atom. The summed E-state index contributed by atoms with van der Waals surface area (Å²) in [6.07, 6.45) is 9.16. The summed E-state index contributed by atoms with van der Waals surface area (Å²) < 4.78 is 0. The Bertz CT molecular complexity index is 246. The molecule has 1 aliphatic rings. The van der Waals surface area contributed by atoms with Gasteiger partial charge in [0, 0.05) is 6.04 Å². The van der Waals surface area contributed by atoms with E-state index in [-0.39, 0.29) is 5.41 Å². The molecule has 1 aliphatic carbocycles. The van der Waals surface area contributed by atoms with Crippen LogP contribution in [0, 0.1) is 22.7 Å². The Morgan fingerprint density at radius 2 is 1.94 bits per heavy atom. The van der Waals surface area contributed by atoms with E-state index in [4.69, 9.17) is 5.26 Å². The van der Waals surface area contributed by atoms with Crippen LogP contribution in [0.4, 0.5) is 0 Å². The van der Waals surface area contributed by atoms with E-state index < -0.39 is 0 Å². The molecular weight excluding hydrogens is 208 g/mol. The van der Waals surface area contributed by atoms with Crippen molar-refractivity contribution >= 4 is 0 Å². The molecule has 17 heavy (non-hydrogen) atoms. The Balaban J connectivity index is 2.11. The quantitative estimate of drug-likeness (QED) is 0.710. The Hall–Kier alpha value is -0.550. The first-order chi connectivity index (χ1) is 8.05. The molecule has 0 aliphatic heterocycles. The van der Waals surface area contributed by atoms with E-state index in [0.717, 1.165) is 25.3 Å². The van der Waals surface area contributed by atoms with E-state index in [0.29, 0.717) is 6.04 Å². The van der Waals surface area contributed by atoms with Crippen LogP contribution in [0.1, 0.15) is 65.7 Å².